The molecule has 1 aromatic rings. The van der Waals surface area contributed by atoms with Crippen LogP contribution in [0, 0.1) is 19.8 Å². The Labute approximate surface area is 101 Å². The molecule has 0 radical (unpaired) electrons. The van der Waals surface area contributed by atoms with Gasteiger partial charge in [-0.25, -0.2) is 0 Å². The topological polar surface area (TPSA) is 29.5 Å². The van der Waals surface area contributed by atoms with Gasteiger partial charge in [0.15, 0.2) is 0 Å². The molecular weight excluding hydrogens is 214 g/mol. The monoisotopic (exact) mass is 231 g/mol. The van der Waals surface area contributed by atoms with E-state index in [2.05, 4.69) is 13.0 Å². The number of rotatable bonds is 1. The largest absolute Gasteiger partial charge is 0.490 e. The molecule has 90 valence electrons. The molecule has 0 spiro atoms. The number of nitrogens with zero attached hydrogens (tertiary/aromatic N) is 1. The minimum Gasteiger partial charge on any atom is -0.490 e. The Balaban J connectivity index is 2.03. The van der Waals surface area contributed by atoms with Crippen LogP contribution in [0.15, 0.2) is 12.1 Å². The lowest BCUT2D eigenvalue weighted by Crippen LogP contribution is -2.39. The number of hydrogen-bond acceptors (Lipinski definition) is 2. The van der Waals surface area contributed by atoms with Crippen molar-refractivity contribution in [3.05, 3.63) is 23.3 Å². The van der Waals surface area contributed by atoms with Gasteiger partial charge in [-0.05, 0) is 43.9 Å². The molecule has 1 aliphatic carbocycles. The van der Waals surface area contributed by atoms with Gasteiger partial charge in [-0.15, -0.1) is 0 Å². The van der Waals surface area contributed by atoms with Crippen LogP contribution in [0.1, 0.15) is 24.0 Å². The maximum absolute atomic E-state index is 12.2. The van der Waals surface area contributed by atoms with Crippen LogP contribution in [0.5, 0.6) is 5.75 Å². The van der Waals surface area contributed by atoms with Gasteiger partial charge in [-0.2, -0.15) is 0 Å². The van der Waals surface area contributed by atoms with Crippen molar-refractivity contribution in [3.63, 3.8) is 0 Å². The Kier molecular flexibility index (Phi) is 2.35. The van der Waals surface area contributed by atoms with E-state index in [9.17, 15) is 4.79 Å². The Morgan fingerprint density at radius 2 is 2.12 bits per heavy atom. The summed E-state index contributed by atoms with van der Waals surface area (Å²) >= 11 is 0. The smallest absolute Gasteiger partial charge is 0.230 e. The highest BCUT2D eigenvalue weighted by atomic mass is 16.5. The number of carbonyl (C=O) groups excluding carboxylic acids is 1. The lowest BCUT2D eigenvalue weighted by atomic mass is 10.1. The Hall–Kier alpha value is -1.51. The van der Waals surface area contributed by atoms with Gasteiger partial charge in [0.1, 0.15) is 12.4 Å². The summed E-state index contributed by atoms with van der Waals surface area (Å²) in [6, 6.07) is 4.13. The molecule has 17 heavy (non-hydrogen) atoms. The number of anilines is 1. The summed E-state index contributed by atoms with van der Waals surface area (Å²) < 4.78 is 5.67. The lowest BCUT2D eigenvalue weighted by Gasteiger charge is -2.31. The van der Waals surface area contributed by atoms with E-state index in [4.69, 9.17) is 4.74 Å². The van der Waals surface area contributed by atoms with Gasteiger partial charge >= 0.3 is 0 Å². The molecule has 1 aromatic carbocycles. The number of ether oxygens (including phenoxy) is 1. The van der Waals surface area contributed by atoms with Crippen molar-refractivity contribution in [3.8, 4) is 5.75 Å². The fraction of sp³-hybridized carbons (Fsp3) is 0.500. The molecule has 0 N–H and O–H groups in total. The van der Waals surface area contributed by atoms with Crippen LogP contribution < -0.4 is 9.64 Å². The van der Waals surface area contributed by atoms with E-state index in [0.29, 0.717) is 13.2 Å². The Bertz CT molecular complexity index is 477. The third kappa shape index (κ3) is 1.79. The number of aryl methyl sites for hydroxylation is 2. The van der Waals surface area contributed by atoms with E-state index in [0.717, 1.165) is 29.8 Å². The molecule has 3 rings (SSSR count). The molecule has 1 aliphatic heterocycles. The summed E-state index contributed by atoms with van der Waals surface area (Å²) in [5, 5.41) is 0. The SMILES string of the molecule is Cc1cc(C)c2c(c1)OCCN2C(=O)C1CC1. The van der Waals surface area contributed by atoms with Crippen molar-refractivity contribution in [2.45, 2.75) is 26.7 Å². The fourth-order valence-corrected chi connectivity index (χ4v) is 2.51. The average Bonchev–Trinajstić information content (AvgIpc) is 3.10. The van der Waals surface area contributed by atoms with Crippen LogP contribution in [0.2, 0.25) is 0 Å². The highest BCUT2D eigenvalue weighted by Crippen LogP contribution is 2.40. The number of hydrogen-bond donors (Lipinski definition) is 0. The van der Waals surface area contributed by atoms with Crippen molar-refractivity contribution in [2.75, 3.05) is 18.1 Å². The van der Waals surface area contributed by atoms with Gasteiger partial charge in [-0.1, -0.05) is 6.07 Å². The summed E-state index contributed by atoms with van der Waals surface area (Å²) in [6.45, 7) is 5.40. The number of carbonyl (C=O) groups is 1. The molecule has 0 unspecified atom stereocenters. The van der Waals surface area contributed by atoms with Gasteiger partial charge in [0, 0.05) is 5.92 Å². The molecule has 0 bridgehead atoms. The first-order valence-electron chi connectivity index (χ1n) is 6.22. The first-order valence-corrected chi connectivity index (χ1v) is 6.22. The minimum atomic E-state index is 0.265. The quantitative estimate of drug-likeness (QED) is 0.743. The normalized spacial score (nSPS) is 18.6. The summed E-state index contributed by atoms with van der Waals surface area (Å²) in [5.41, 5.74) is 3.30. The maximum atomic E-state index is 12.2. The zero-order valence-electron chi connectivity index (χ0n) is 10.3. The van der Waals surface area contributed by atoms with Gasteiger partial charge in [0.25, 0.3) is 0 Å². The molecule has 0 saturated heterocycles. The number of benzene rings is 1. The first kappa shape index (κ1) is 10.6. The molecule has 1 amide bonds. The van der Waals surface area contributed by atoms with Crippen molar-refractivity contribution >= 4 is 11.6 Å². The second-order valence-electron chi connectivity index (χ2n) is 5.04. The predicted octanol–water partition coefficient (Wildman–Crippen LogP) is 2.44. The summed E-state index contributed by atoms with van der Waals surface area (Å²) in [7, 11) is 0. The second kappa shape index (κ2) is 3.76. The van der Waals surface area contributed by atoms with Gasteiger partial charge in [0.05, 0.1) is 12.2 Å². The van der Waals surface area contributed by atoms with Crippen molar-refractivity contribution in [1.82, 2.24) is 0 Å². The van der Waals surface area contributed by atoms with E-state index >= 15 is 0 Å². The Morgan fingerprint density at radius 3 is 2.82 bits per heavy atom. The van der Waals surface area contributed by atoms with Gasteiger partial charge in [0.2, 0.25) is 5.91 Å². The summed E-state index contributed by atoms with van der Waals surface area (Å²) in [4.78, 5) is 14.2. The predicted molar refractivity (Wildman–Crippen MR) is 66.5 cm³/mol. The van der Waals surface area contributed by atoms with E-state index in [1.807, 2.05) is 17.9 Å². The van der Waals surface area contributed by atoms with Gasteiger partial charge < -0.3 is 9.64 Å². The van der Waals surface area contributed by atoms with Crippen LogP contribution >= 0.6 is 0 Å². The molecule has 0 atom stereocenters. The van der Waals surface area contributed by atoms with Crippen LogP contribution in [0.3, 0.4) is 0 Å². The standard InChI is InChI=1S/C14H17NO2/c1-9-7-10(2)13-12(8-9)17-6-5-15(13)14(16)11-3-4-11/h7-8,11H,3-6H2,1-2H3. The highest BCUT2D eigenvalue weighted by molar-refractivity contribution is 5.99. The molecule has 1 fully saturated rings. The molecule has 0 aromatic heterocycles. The average molecular weight is 231 g/mol. The third-order valence-corrected chi connectivity index (χ3v) is 3.44. The molecule has 2 aliphatic rings. The summed E-state index contributed by atoms with van der Waals surface area (Å²) in [5.74, 6) is 1.41. The number of fused-ring (bicyclic) bond motifs is 1. The zero-order chi connectivity index (χ0) is 12.0. The number of amides is 1. The second-order valence-corrected chi connectivity index (χ2v) is 5.04. The van der Waals surface area contributed by atoms with E-state index in [1.165, 1.54) is 5.56 Å². The molecule has 3 nitrogen and oxygen atoms in total. The van der Waals surface area contributed by atoms with Crippen LogP contribution in [0.25, 0.3) is 0 Å². The fourth-order valence-electron chi connectivity index (χ4n) is 2.51. The van der Waals surface area contributed by atoms with E-state index < -0.39 is 0 Å². The zero-order valence-corrected chi connectivity index (χ0v) is 10.3. The van der Waals surface area contributed by atoms with Gasteiger partial charge in [-0.3, -0.25) is 4.79 Å². The van der Waals surface area contributed by atoms with E-state index in [1.54, 1.807) is 0 Å². The van der Waals surface area contributed by atoms with Crippen LogP contribution in [-0.4, -0.2) is 19.1 Å². The van der Waals surface area contributed by atoms with Crippen molar-refractivity contribution in [2.24, 2.45) is 5.92 Å². The molecular formula is C14H17NO2. The molecule has 3 heteroatoms. The van der Waals surface area contributed by atoms with Crippen molar-refractivity contribution < 1.29 is 9.53 Å². The Morgan fingerprint density at radius 1 is 1.35 bits per heavy atom. The molecule has 1 heterocycles. The maximum Gasteiger partial charge on any atom is 0.230 e. The van der Waals surface area contributed by atoms with E-state index in [-0.39, 0.29) is 11.8 Å². The minimum absolute atomic E-state index is 0.265. The third-order valence-electron chi connectivity index (χ3n) is 3.44. The molecule has 1 saturated carbocycles. The summed E-state index contributed by atoms with van der Waals surface area (Å²) in [6.07, 6.45) is 2.10. The van der Waals surface area contributed by atoms with Crippen LogP contribution in [-0.2, 0) is 4.79 Å². The first-order chi connectivity index (χ1) is 8.16. The lowest BCUT2D eigenvalue weighted by molar-refractivity contribution is -0.120. The van der Waals surface area contributed by atoms with Crippen molar-refractivity contribution in [1.29, 1.82) is 0 Å². The highest BCUT2D eigenvalue weighted by Gasteiger charge is 2.36. The van der Waals surface area contributed by atoms with Crippen LogP contribution in [0.4, 0.5) is 5.69 Å².